The summed E-state index contributed by atoms with van der Waals surface area (Å²) in [6, 6.07) is 8.78. The molecule has 19 heteroatoms. The first-order valence-corrected chi connectivity index (χ1v) is 18.3. The number of carboxylic acid groups (broad SMARTS) is 1. The number of sulfonamides is 1. The van der Waals surface area contributed by atoms with Crippen LogP contribution in [0, 0.1) is 58.2 Å². The maximum absolute atomic E-state index is 15.1. The SMILES string of the molecule is CN(C)c1cc(C(=O)O)ccc1N(Cc1cc(C2CC2)cc(C(C)(C)C)c1)C(=O)CN(Cc1c(F)c(F)c(F)c(F)c1F)S(=O)(=O)c1c(F)c(F)c(F)c(F)c1F. The largest absolute Gasteiger partial charge is 0.478 e. The van der Waals surface area contributed by atoms with Crippen molar-refractivity contribution in [1.82, 2.24) is 4.31 Å². The summed E-state index contributed by atoms with van der Waals surface area (Å²) in [5, 5.41) is 9.67. The summed E-state index contributed by atoms with van der Waals surface area (Å²) in [6.07, 6.45) is 1.69. The van der Waals surface area contributed by atoms with E-state index in [9.17, 15) is 49.5 Å². The smallest absolute Gasteiger partial charge is 0.335 e. The van der Waals surface area contributed by atoms with Gasteiger partial charge in [-0.25, -0.2) is 57.1 Å². The molecule has 5 rings (SSSR count). The molecule has 1 saturated carbocycles. The summed E-state index contributed by atoms with van der Waals surface area (Å²) < 4.78 is 173. The van der Waals surface area contributed by atoms with E-state index in [2.05, 4.69) is 0 Å². The second kappa shape index (κ2) is 15.6. The molecule has 0 unspecified atom stereocenters. The average molecular weight is 834 g/mol. The molecule has 306 valence electrons. The predicted molar refractivity (Wildman–Crippen MR) is 186 cm³/mol. The number of carbonyl (C=O) groups is 2. The van der Waals surface area contributed by atoms with Gasteiger partial charge in [-0.3, -0.25) is 4.79 Å². The van der Waals surface area contributed by atoms with Crippen LogP contribution in [0.4, 0.5) is 55.3 Å². The molecule has 1 N–H and O–H groups in total. The minimum atomic E-state index is -6.33. The highest BCUT2D eigenvalue weighted by Gasteiger charge is 2.41. The molecule has 0 radical (unpaired) electrons. The monoisotopic (exact) mass is 833 g/mol. The van der Waals surface area contributed by atoms with Crippen molar-refractivity contribution in [2.45, 2.75) is 62.9 Å². The van der Waals surface area contributed by atoms with Crippen LogP contribution < -0.4 is 9.80 Å². The highest BCUT2D eigenvalue weighted by atomic mass is 32.2. The van der Waals surface area contributed by atoms with Gasteiger partial charge in [-0.2, -0.15) is 4.31 Å². The molecule has 1 fully saturated rings. The van der Waals surface area contributed by atoms with E-state index < -0.39 is 120 Å². The lowest BCUT2D eigenvalue weighted by molar-refractivity contribution is -0.119. The van der Waals surface area contributed by atoms with Gasteiger partial charge >= 0.3 is 5.97 Å². The summed E-state index contributed by atoms with van der Waals surface area (Å²) in [5.74, 6) is -30.0. The number of benzene rings is 4. The molecule has 1 aliphatic carbocycles. The number of carbonyl (C=O) groups excluding carboxylic acids is 1. The van der Waals surface area contributed by atoms with Crippen LogP contribution >= 0.6 is 0 Å². The van der Waals surface area contributed by atoms with E-state index in [1.807, 2.05) is 26.8 Å². The van der Waals surface area contributed by atoms with E-state index in [-0.39, 0.29) is 22.9 Å². The Labute approximate surface area is 320 Å². The second-order valence-corrected chi connectivity index (χ2v) is 16.5. The highest BCUT2D eigenvalue weighted by molar-refractivity contribution is 7.89. The van der Waals surface area contributed by atoms with Crippen molar-refractivity contribution in [3.05, 3.63) is 122 Å². The zero-order valence-electron chi connectivity index (χ0n) is 30.7. The quantitative estimate of drug-likeness (QED) is 0.0875. The van der Waals surface area contributed by atoms with Gasteiger partial charge in [-0.05, 0) is 59.1 Å². The topological polar surface area (TPSA) is 98.2 Å². The maximum atomic E-state index is 15.1. The molecule has 0 saturated heterocycles. The maximum Gasteiger partial charge on any atom is 0.335 e. The van der Waals surface area contributed by atoms with Gasteiger partial charge in [0.05, 0.1) is 30.0 Å². The third-order valence-corrected chi connectivity index (χ3v) is 11.1. The van der Waals surface area contributed by atoms with E-state index in [4.69, 9.17) is 0 Å². The van der Waals surface area contributed by atoms with Crippen molar-refractivity contribution in [2.75, 3.05) is 30.4 Å². The summed E-state index contributed by atoms with van der Waals surface area (Å²) in [5.41, 5.74) is -0.698. The Hall–Kier alpha value is -5.17. The van der Waals surface area contributed by atoms with Gasteiger partial charge in [-0.15, -0.1) is 0 Å². The average Bonchev–Trinajstić information content (AvgIpc) is 4.00. The molecule has 1 amide bonds. The summed E-state index contributed by atoms with van der Waals surface area (Å²) >= 11 is 0. The molecule has 0 spiro atoms. The van der Waals surface area contributed by atoms with Crippen molar-refractivity contribution >= 4 is 33.3 Å². The molecule has 0 aromatic heterocycles. The number of carboxylic acids is 1. The molecule has 4 aromatic carbocycles. The number of anilines is 2. The van der Waals surface area contributed by atoms with Crippen LogP contribution in [-0.2, 0) is 33.3 Å². The first-order chi connectivity index (χ1) is 26.4. The predicted octanol–water partition coefficient (Wildman–Crippen LogP) is 8.44. The van der Waals surface area contributed by atoms with E-state index in [0.717, 1.165) is 47.1 Å². The van der Waals surface area contributed by atoms with E-state index in [0.29, 0.717) is 5.56 Å². The Morgan fingerprint density at radius 2 is 1.21 bits per heavy atom. The van der Waals surface area contributed by atoms with Gasteiger partial charge in [0, 0.05) is 26.2 Å². The fourth-order valence-corrected chi connectivity index (χ4v) is 7.47. The van der Waals surface area contributed by atoms with Crippen molar-refractivity contribution in [1.29, 1.82) is 0 Å². The van der Waals surface area contributed by atoms with Gasteiger partial charge < -0.3 is 14.9 Å². The molecular weight excluding hydrogens is 800 g/mol. The Morgan fingerprint density at radius 3 is 1.68 bits per heavy atom. The standard InChI is InChI=1S/C38H33F10N3O5S/c1-38(2,3)21-11-17(10-20(12-21)18-6-7-18)14-51(23-9-8-19(37(53)54)13-24(23)49(4)5)25(52)16-50(15-22-26(39)28(41)30(43)29(42)27(22)40)57(55,56)36-34(47)32(45)31(44)33(46)35(36)48/h8-13,18H,6-7,14-16H2,1-5H3,(H,53,54). The number of halogens is 10. The third-order valence-electron chi connectivity index (χ3n) is 9.28. The van der Waals surface area contributed by atoms with Crippen molar-refractivity contribution < 1.29 is 67.0 Å². The van der Waals surface area contributed by atoms with E-state index >= 15 is 17.6 Å². The van der Waals surface area contributed by atoms with Crippen LogP contribution in [0.2, 0.25) is 0 Å². The minimum Gasteiger partial charge on any atom is -0.478 e. The van der Waals surface area contributed by atoms with Crippen LogP contribution in [0.25, 0.3) is 0 Å². The third kappa shape index (κ3) is 8.30. The molecule has 0 bridgehead atoms. The fraction of sp³-hybridized carbons (Fsp3) is 0.316. The van der Waals surface area contributed by atoms with Gasteiger partial charge in [-0.1, -0.05) is 39.0 Å². The normalized spacial score (nSPS) is 13.3. The lowest BCUT2D eigenvalue weighted by Gasteiger charge is -2.31. The van der Waals surface area contributed by atoms with Crippen molar-refractivity contribution in [3.8, 4) is 0 Å². The lowest BCUT2D eigenvalue weighted by atomic mass is 9.84. The van der Waals surface area contributed by atoms with Crippen LogP contribution in [0.1, 0.15) is 72.1 Å². The molecule has 1 aliphatic rings. The number of amides is 1. The lowest BCUT2D eigenvalue weighted by Crippen LogP contribution is -2.44. The fourth-order valence-electron chi connectivity index (χ4n) is 6.00. The molecular formula is C38H33F10N3O5S. The van der Waals surface area contributed by atoms with Crippen molar-refractivity contribution in [3.63, 3.8) is 0 Å². The zero-order valence-corrected chi connectivity index (χ0v) is 31.5. The van der Waals surface area contributed by atoms with Gasteiger partial charge in [0.2, 0.25) is 27.6 Å². The molecule has 0 atom stereocenters. The number of rotatable bonds is 12. The van der Waals surface area contributed by atoms with E-state index in [1.165, 1.54) is 19.0 Å². The van der Waals surface area contributed by atoms with Crippen molar-refractivity contribution in [2.24, 2.45) is 0 Å². The number of hydrogen-bond acceptors (Lipinski definition) is 5. The Balaban J connectivity index is 1.75. The second-order valence-electron chi connectivity index (χ2n) is 14.6. The van der Waals surface area contributed by atoms with Gasteiger partial charge in [0.15, 0.2) is 51.4 Å². The summed E-state index contributed by atoms with van der Waals surface area (Å²) in [4.78, 5) is 26.1. The molecule has 4 aromatic rings. The molecule has 57 heavy (non-hydrogen) atoms. The van der Waals surface area contributed by atoms with Crippen LogP contribution in [-0.4, -0.2) is 50.3 Å². The Bertz CT molecular complexity index is 2360. The highest BCUT2D eigenvalue weighted by Crippen LogP contribution is 2.42. The Kier molecular flexibility index (Phi) is 11.8. The van der Waals surface area contributed by atoms with Crippen LogP contribution in [0.15, 0.2) is 41.3 Å². The number of nitrogens with zero attached hydrogens (tertiary/aromatic N) is 3. The summed E-state index contributed by atoms with van der Waals surface area (Å²) in [7, 11) is -3.43. The molecule has 0 heterocycles. The number of hydrogen-bond donors (Lipinski definition) is 1. The molecule has 0 aliphatic heterocycles. The number of aromatic carboxylic acids is 1. The summed E-state index contributed by atoms with van der Waals surface area (Å²) in [6.45, 7) is 1.42. The van der Waals surface area contributed by atoms with Gasteiger partial charge in [0.25, 0.3) is 0 Å². The minimum absolute atomic E-state index is 0.0200. The van der Waals surface area contributed by atoms with Crippen LogP contribution in [0.5, 0.6) is 0 Å². The molecule has 8 nitrogen and oxygen atoms in total. The van der Waals surface area contributed by atoms with Crippen LogP contribution in [0.3, 0.4) is 0 Å². The first kappa shape index (κ1) is 43.0. The Morgan fingerprint density at radius 1 is 0.702 bits per heavy atom. The zero-order chi connectivity index (χ0) is 42.6. The first-order valence-electron chi connectivity index (χ1n) is 16.9. The van der Waals surface area contributed by atoms with E-state index in [1.54, 1.807) is 12.1 Å². The van der Waals surface area contributed by atoms with Gasteiger partial charge in [0.1, 0.15) is 0 Å².